The molecule has 86 valence electrons. The second-order valence-corrected chi connectivity index (χ2v) is 3.83. The highest BCUT2D eigenvalue weighted by atomic mass is 16.7. The number of rotatable bonds is 3. The maximum absolute atomic E-state index is 12.0. The molecule has 4 heteroatoms. The van der Waals surface area contributed by atoms with Crippen molar-refractivity contribution in [1.29, 1.82) is 5.26 Å². The molecule has 1 aliphatic carbocycles. The third-order valence-corrected chi connectivity index (χ3v) is 2.86. The molecule has 1 atom stereocenters. The Morgan fingerprint density at radius 3 is 2.59 bits per heavy atom. The van der Waals surface area contributed by atoms with E-state index < -0.39 is 5.41 Å². The summed E-state index contributed by atoms with van der Waals surface area (Å²) in [5, 5.41) is 10.3. The first-order valence-electron chi connectivity index (χ1n) is 5.18. The Balaban J connectivity index is 2.25. The molecule has 4 nitrogen and oxygen atoms in total. The van der Waals surface area contributed by atoms with Gasteiger partial charge >= 0.3 is 0 Å². The highest BCUT2D eigenvalue weighted by molar-refractivity contribution is 6.10. The highest BCUT2D eigenvalue weighted by Gasteiger charge is 2.53. The van der Waals surface area contributed by atoms with Crippen molar-refractivity contribution in [2.75, 3.05) is 14.2 Å². The third kappa shape index (κ3) is 1.71. The van der Waals surface area contributed by atoms with Crippen molar-refractivity contribution in [2.45, 2.75) is 0 Å². The number of hydroxylamine groups is 2. The summed E-state index contributed by atoms with van der Waals surface area (Å²) >= 11 is 0. The minimum Gasteiger partial charge on any atom is -0.274 e. The minimum absolute atomic E-state index is 0.360. The lowest BCUT2D eigenvalue weighted by Crippen LogP contribution is -2.34. The number of amides is 1. The van der Waals surface area contributed by atoms with Crippen LogP contribution in [-0.2, 0) is 9.63 Å². The van der Waals surface area contributed by atoms with Crippen LogP contribution in [0.1, 0.15) is 5.56 Å². The van der Waals surface area contributed by atoms with Crippen LogP contribution in [0.4, 0.5) is 0 Å². The van der Waals surface area contributed by atoms with Gasteiger partial charge in [0.15, 0.2) is 5.41 Å². The zero-order valence-corrected chi connectivity index (χ0v) is 9.68. The minimum atomic E-state index is -1.15. The molecule has 1 aromatic rings. The largest absolute Gasteiger partial charge is 0.274 e. The third-order valence-electron chi connectivity index (χ3n) is 2.86. The van der Waals surface area contributed by atoms with Crippen LogP contribution in [0.3, 0.4) is 0 Å². The maximum Gasteiger partial charge on any atom is 0.274 e. The summed E-state index contributed by atoms with van der Waals surface area (Å²) in [4.78, 5) is 16.8. The molecule has 0 spiro atoms. The van der Waals surface area contributed by atoms with Crippen LogP contribution in [0.2, 0.25) is 0 Å². The quantitative estimate of drug-likeness (QED) is 0.738. The maximum atomic E-state index is 12.0. The molecule has 0 aromatic heterocycles. The van der Waals surface area contributed by atoms with Crippen molar-refractivity contribution in [3.8, 4) is 6.07 Å². The Bertz CT molecular complexity index is 516. The van der Waals surface area contributed by atoms with Gasteiger partial charge in [0.2, 0.25) is 0 Å². The molecule has 1 aromatic carbocycles. The van der Waals surface area contributed by atoms with Gasteiger partial charge in [-0.2, -0.15) is 5.26 Å². The molecule has 0 saturated carbocycles. The van der Waals surface area contributed by atoms with Crippen molar-refractivity contribution in [1.82, 2.24) is 5.06 Å². The number of nitrogens with zero attached hydrogens (tertiary/aromatic N) is 2. The van der Waals surface area contributed by atoms with Gasteiger partial charge in [0.05, 0.1) is 13.2 Å². The molecule has 1 aliphatic rings. The second-order valence-electron chi connectivity index (χ2n) is 3.83. The number of carbonyl (C=O) groups is 1. The van der Waals surface area contributed by atoms with Gasteiger partial charge in [0.25, 0.3) is 5.91 Å². The van der Waals surface area contributed by atoms with E-state index in [9.17, 15) is 10.1 Å². The Hall–Kier alpha value is -2.12. The van der Waals surface area contributed by atoms with Crippen LogP contribution < -0.4 is 0 Å². The number of benzene rings is 1. The summed E-state index contributed by atoms with van der Waals surface area (Å²) in [6.07, 6.45) is 1.67. The molecule has 0 fully saturated rings. The average molecular weight is 228 g/mol. The molecule has 2 rings (SSSR count). The SMILES string of the molecule is CON(C)C(=O)C1(C#N)C=C1c1ccccc1. The van der Waals surface area contributed by atoms with E-state index in [-0.39, 0.29) is 5.91 Å². The number of nitriles is 1. The fourth-order valence-corrected chi connectivity index (χ4v) is 1.76. The van der Waals surface area contributed by atoms with Gasteiger partial charge < -0.3 is 0 Å². The zero-order valence-electron chi connectivity index (χ0n) is 9.68. The summed E-state index contributed by atoms with van der Waals surface area (Å²) in [5.41, 5.74) is 0.493. The van der Waals surface area contributed by atoms with Crippen LogP contribution in [0, 0.1) is 16.7 Å². The van der Waals surface area contributed by atoms with E-state index in [0.717, 1.165) is 16.2 Å². The van der Waals surface area contributed by atoms with E-state index in [1.807, 2.05) is 30.3 Å². The predicted octanol–water partition coefficient (Wildman–Crippen LogP) is 1.61. The second kappa shape index (κ2) is 4.04. The van der Waals surface area contributed by atoms with E-state index in [1.54, 1.807) is 6.08 Å². The molecule has 17 heavy (non-hydrogen) atoms. The topological polar surface area (TPSA) is 53.3 Å². The van der Waals surface area contributed by atoms with Gasteiger partial charge in [0.1, 0.15) is 0 Å². The van der Waals surface area contributed by atoms with Gasteiger partial charge in [-0.1, -0.05) is 30.3 Å². The Morgan fingerprint density at radius 1 is 1.41 bits per heavy atom. The average Bonchev–Trinajstić information content (AvgIpc) is 3.14. The smallest absolute Gasteiger partial charge is 0.274 e. The van der Waals surface area contributed by atoms with Crippen LogP contribution in [0.15, 0.2) is 36.4 Å². The van der Waals surface area contributed by atoms with Crippen molar-refractivity contribution < 1.29 is 9.63 Å². The summed E-state index contributed by atoms with van der Waals surface area (Å²) < 4.78 is 0. The van der Waals surface area contributed by atoms with Gasteiger partial charge in [-0.05, 0) is 17.2 Å². The summed E-state index contributed by atoms with van der Waals surface area (Å²) in [6, 6.07) is 11.5. The Labute approximate surface area is 99.7 Å². The Morgan fingerprint density at radius 2 is 2.06 bits per heavy atom. The monoisotopic (exact) mass is 228 g/mol. The van der Waals surface area contributed by atoms with E-state index in [4.69, 9.17) is 4.84 Å². The normalized spacial score (nSPS) is 21.4. The van der Waals surface area contributed by atoms with E-state index >= 15 is 0 Å². The fourth-order valence-electron chi connectivity index (χ4n) is 1.76. The molecular weight excluding hydrogens is 216 g/mol. The highest BCUT2D eigenvalue weighted by Crippen LogP contribution is 2.51. The number of carbonyl (C=O) groups excluding carboxylic acids is 1. The molecule has 0 heterocycles. The molecule has 1 amide bonds. The molecular formula is C13H12N2O2. The summed E-state index contributed by atoms with van der Waals surface area (Å²) in [7, 11) is 2.89. The van der Waals surface area contributed by atoms with Crippen molar-refractivity contribution in [3.05, 3.63) is 42.0 Å². The first-order chi connectivity index (χ1) is 8.15. The van der Waals surface area contributed by atoms with Crippen LogP contribution in [0.25, 0.3) is 5.57 Å². The molecule has 0 N–H and O–H groups in total. The zero-order chi connectivity index (χ0) is 12.5. The van der Waals surface area contributed by atoms with Crippen LogP contribution >= 0.6 is 0 Å². The molecule has 0 bridgehead atoms. The standard InChI is InChI=1S/C13H12N2O2/c1-15(17-2)12(16)13(9-14)8-11(13)10-6-4-3-5-7-10/h3-8H,1-2H3. The Kier molecular flexibility index (Phi) is 2.70. The van der Waals surface area contributed by atoms with Crippen molar-refractivity contribution >= 4 is 11.5 Å². The number of hydrogen-bond donors (Lipinski definition) is 0. The molecule has 0 saturated heterocycles. The molecule has 0 aliphatic heterocycles. The molecule has 0 radical (unpaired) electrons. The number of hydrogen-bond acceptors (Lipinski definition) is 3. The van der Waals surface area contributed by atoms with Gasteiger partial charge in [0, 0.05) is 7.05 Å². The molecule has 1 unspecified atom stereocenters. The summed E-state index contributed by atoms with van der Waals surface area (Å²) in [5.74, 6) is -0.360. The van der Waals surface area contributed by atoms with E-state index in [0.29, 0.717) is 0 Å². The lowest BCUT2D eigenvalue weighted by molar-refractivity contribution is -0.171. The van der Waals surface area contributed by atoms with Crippen molar-refractivity contribution in [2.24, 2.45) is 5.41 Å². The first-order valence-corrected chi connectivity index (χ1v) is 5.18. The van der Waals surface area contributed by atoms with E-state index in [1.165, 1.54) is 14.2 Å². The van der Waals surface area contributed by atoms with Gasteiger partial charge in [-0.3, -0.25) is 9.63 Å². The van der Waals surface area contributed by atoms with E-state index in [2.05, 4.69) is 6.07 Å². The fraction of sp³-hybridized carbons (Fsp3) is 0.231. The lowest BCUT2D eigenvalue weighted by atomic mass is 9.97. The van der Waals surface area contributed by atoms with Crippen LogP contribution in [0.5, 0.6) is 0 Å². The van der Waals surface area contributed by atoms with Crippen molar-refractivity contribution in [3.63, 3.8) is 0 Å². The predicted molar refractivity (Wildman–Crippen MR) is 62.2 cm³/mol. The lowest BCUT2D eigenvalue weighted by Gasteiger charge is -2.18. The van der Waals surface area contributed by atoms with Crippen LogP contribution in [-0.4, -0.2) is 25.1 Å². The summed E-state index contributed by atoms with van der Waals surface area (Å²) in [6.45, 7) is 0. The van der Waals surface area contributed by atoms with Gasteiger partial charge in [-0.15, -0.1) is 0 Å². The van der Waals surface area contributed by atoms with Gasteiger partial charge in [-0.25, -0.2) is 5.06 Å². The first kappa shape index (κ1) is 11.4.